The number of imide groups is 1. The van der Waals surface area contributed by atoms with Gasteiger partial charge in [-0.3, -0.25) is 14.9 Å². The molecule has 2 bridgehead atoms. The summed E-state index contributed by atoms with van der Waals surface area (Å²) in [6.45, 7) is 0. The topological polar surface area (TPSA) is 55.4 Å². The molecule has 4 nitrogen and oxygen atoms in total. The minimum absolute atomic E-state index is 0.00977. The van der Waals surface area contributed by atoms with E-state index in [0.717, 1.165) is 6.42 Å². The standard InChI is InChI=1S/C13H13NO3/c15-12-8-3-1-6-5-7-2-4-9(17-7)10(6)11(8)13(16)14-12/h1-2,4,7-11H,3,5H2,(H,14,15,16)/t7-,8-,9+,10-,11-/m1/s1. The Kier molecular flexibility index (Phi) is 1.73. The number of carbonyl (C=O) groups excluding carboxylic acids is 2. The molecule has 4 aliphatic rings. The van der Waals surface area contributed by atoms with Crippen LogP contribution in [0.4, 0.5) is 0 Å². The van der Waals surface area contributed by atoms with Crippen molar-refractivity contribution in [2.24, 2.45) is 17.8 Å². The predicted octanol–water partition coefficient (Wildman–Crippen LogP) is 0.549. The van der Waals surface area contributed by atoms with Gasteiger partial charge in [-0.2, -0.15) is 0 Å². The number of hydrogen-bond donors (Lipinski definition) is 1. The van der Waals surface area contributed by atoms with E-state index in [2.05, 4.69) is 23.5 Å². The molecule has 4 rings (SSSR count). The number of amides is 2. The molecule has 2 fully saturated rings. The number of fused-ring (bicyclic) bond motifs is 6. The SMILES string of the molecule is O=C1NC(=O)[C@@H]2CC=C3C[C@H]4C=C[C@H](O4)[C@@H]3[C@H]12. The van der Waals surface area contributed by atoms with Crippen molar-refractivity contribution in [2.45, 2.75) is 25.0 Å². The lowest BCUT2D eigenvalue weighted by atomic mass is 9.69. The lowest BCUT2D eigenvalue weighted by molar-refractivity contribution is -0.127. The predicted molar refractivity (Wildman–Crippen MR) is 58.7 cm³/mol. The quantitative estimate of drug-likeness (QED) is 0.489. The zero-order chi connectivity index (χ0) is 11.6. The molecule has 2 amide bonds. The van der Waals surface area contributed by atoms with Crippen molar-refractivity contribution >= 4 is 11.8 Å². The van der Waals surface area contributed by atoms with Crippen LogP contribution in [-0.4, -0.2) is 24.0 Å². The van der Waals surface area contributed by atoms with Crippen LogP contribution in [0.3, 0.4) is 0 Å². The summed E-state index contributed by atoms with van der Waals surface area (Å²) in [5.41, 5.74) is 1.31. The second-order valence-corrected chi connectivity index (χ2v) is 5.25. The molecule has 0 radical (unpaired) electrons. The second-order valence-electron chi connectivity index (χ2n) is 5.25. The second kappa shape index (κ2) is 3.07. The third-order valence-corrected chi connectivity index (χ3v) is 4.41. The maximum absolute atomic E-state index is 11.9. The molecule has 0 saturated carbocycles. The minimum atomic E-state index is -0.212. The van der Waals surface area contributed by atoms with Gasteiger partial charge in [0.1, 0.15) is 0 Å². The van der Waals surface area contributed by atoms with Crippen molar-refractivity contribution in [1.82, 2.24) is 5.32 Å². The molecule has 0 unspecified atom stereocenters. The van der Waals surface area contributed by atoms with Crippen LogP contribution >= 0.6 is 0 Å². The molecule has 5 atom stereocenters. The van der Waals surface area contributed by atoms with Crippen LogP contribution in [0.15, 0.2) is 23.8 Å². The van der Waals surface area contributed by atoms with E-state index in [-0.39, 0.29) is 41.8 Å². The van der Waals surface area contributed by atoms with Gasteiger partial charge in [0.2, 0.25) is 11.8 Å². The van der Waals surface area contributed by atoms with Gasteiger partial charge in [-0.05, 0) is 12.8 Å². The first-order valence-electron chi connectivity index (χ1n) is 6.11. The summed E-state index contributed by atoms with van der Waals surface area (Å²) in [5.74, 6) is -0.533. The summed E-state index contributed by atoms with van der Waals surface area (Å²) >= 11 is 0. The van der Waals surface area contributed by atoms with Gasteiger partial charge < -0.3 is 4.74 Å². The lowest BCUT2D eigenvalue weighted by Crippen LogP contribution is -2.42. The maximum Gasteiger partial charge on any atom is 0.231 e. The Balaban J connectivity index is 1.79. The van der Waals surface area contributed by atoms with Crippen LogP contribution < -0.4 is 5.32 Å². The highest BCUT2D eigenvalue weighted by Gasteiger charge is 2.53. The molecule has 1 aliphatic carbocycles. The number of allylic oxidation sites excluding steroid dienone is 1. The number of hydrogen-bond acceptors (Lipinski definition) is 3. The van der Waals surface area contributed by atoms with Gasteiger partial charge in [0.25, 0.3) is 0 Å². The van der Waals surface area contributed by atoms with Crippen LogP contribution in [0.1, 0.15) is 12.8 Å². The highest BCUT2D eigenvalue weighted by Crippen LogP contribution is 2.47. The molecular formula is C13H13NO3. The van der Waals surface area contributed by atoms with E-state index in [9.17, 15) is 9.59 Å². The van der Waals surface area contributed by atoms with Crippen LogP contribution in [0, 0.1) is 17.8 Å². The maximum atomic E-state index is 11.9. The Morgan fingerprint density at radius 2 is 2.06 bits per heavy atom. The van der Waals surface area contributed by atoms with Crippen molar-refractivity contribution in [2.75, 3.05) is 0 Å². The molecule has 0 aromatic carbocycles. The largest absolute Gasteiger partial charge is 0.366 e. The lowest BCUT2D eigenvalue weighted by Gasteiger charge is -2.39. The summed E-state index contributed by atoms with van der Waals surface area (Å²) in [4.78, 5) is 23.6. The number of nitrogens with one attached hydrogen (secondary N) is 1. The first-order valence-corrected chi connectivity index (χ1v) is 6.11. The minimum Gasteiger partial charge on any atom is -0.366 e. The van der Waals surface area contributed by atoms with Gasteiger partial charge >= 0.3 is 0 Å². The molecule has 4 heteroatoms. The summed E-state index contributed by atoms with van der Waals surface area (Å²) in [6, 6.07) is 0. The van der Waals surface area contributed by atoms with E-state index in [1.54, 1.807) is 0 Å². The molecule has 0 spiro atoms. The Labute approximate surface area is 98.7 Å². The Bertz CT molecular complexity index is 479. The first kappa shape index (κ1) is 9.59. The summed E-state index contributed by atoms with van der Waals surface area (Å²) < 4.78 is 5.82. The fourth-order valence-electron chi connectivity index (χ4n) is 3.67. The average molecular weight is 231 g/mol. The van der Waals surface area contributed by atoms with Crippen molar-refractivity contribution in [3.63, 3.8) is 0 Å². The van der Waals surface area contributed by atoms with E-state index in [4.69, 9.17) is 4.74 Å². The monoisotopic (exact) mass is 231 g/mol. The Morgan fingerprint density at radius 3 is 2.94 bits per heavy atom. The van der Waals surface area contributed by atoms with Crippen LogP contribution in [0.25, 0.3) is 0 Å². The number of rotatable bonds is 0. The van der Waals surface area contributed by atoms with Crippen LogP contribution in [0.5, 0.6) is 0 Å². The summed E-state index contributed by atoms with van der Waals surface area (Å²) in [7, 11) is 0. The van der Waals surface area contributed by atoms with Gasteiger partial charge in [-0.15, -0.1) is 0 Å². The first-order chi connectivity index (χ1) is 8.24. The van der Waals surface area contributed by atoms with E-state index in [0.29, 0.717) is 6.42 Å². The van der Waals surface area contributed by atoms with Crippen molar-refractivity contribution in [3.05, 3.63) is 23.8 Å². The van der Waals surface area contributed by atoms with Crippen LogP contribution in [0.2, 0.25) is 0 Å². The molecule has 0 aromatic rings. The van der Waals surface area contributed by atoms with Gasteiger partial charge in [-0.1, -0.05) is 23.8 Å². The highest BCUT2D eigenvalue weighted by molar-refractivity contribution is 6.05. The Morgan fingerprint density at radius 1 is 1.18 bits per heavy atom. The molecule has 1 N–H and O–H groups in total. The van der Waals surface area contributed by atoms with Gasteiger partial charge in [0, 0.05) is 5.92 Å². The van der Waals surface area contributed by atoms with Gasteiger partial charge in [-0.25, -0.2) is 0 Å². The molecule has 3 heterocycles. The summed E-state index contributed by atoms with van der Waals surface area (Å²) in [6.07, 6.45) is 8.03. The van der Waals surface area contributed by atoms with E-state index < -0.39 is 0 Å². The van der Waals surface area contributed by atoms with E-state index in [1.165, 1.54) is 5.57 Å². The fraction of sp³-hybridized carbons (Fsp3) is 0.538. The van der Waals surface area contributed by atoms with E-state index in [1.807, 2.05) is 0 Å². The molecule has 88 valence electrons. The third kappa shape index (κ3) is 1.16. The highest BCUT2D eigenvalue weighted by atomic mass is 16.5. The third-order valence-electron chi connectivity index (χ3n) is 4.41. The molecule has 17 heavy (non-hydrogen) atoms. The average Bonchev–Trinajstić information content (AvgIpc) is 2.82. The number of ether oxygens (including phenoxy) is 1. The van der Waals surface area contributed by atoms with Crippen molar-refractivity contribution in [3.8, 4) is 0 Å². The zero-order valence-electron chi connectivity index (χ0n) is 9.26. The molecule has 3 aliphatic heterocycles. The summed E-state index contributed by atoms with van der Waals surface area (Å²) in [5, 5.41) is 2.46. The van der Waals surface area contributed by atoms with Gasteiger partial charge in [0.05, 0.1) is 24.0 Å². The molecule has 2 saturated heterocycles. The van der Waals surface area contributed by atoms with Crippen molar-refractivity contribution in [1.29, 1.82) is 0 Å². The zero-order valence-corrected chi connectivity index (χ0v) is 9.26. The molecule has 0 aromatic heterocycles. The van der Waals surface area contributed by atoms with Crippen LogP contribution in [-0.2, 0) is 14.3 Å². The Hall–Kier alpha value is -1.42. The van der Waals surface area contributed by atoms with Crippen molar-refractivity contribution < 1.29 is 14.3 Å². The smallest absolute Gasteiger partial charge is 0.231 e. The normalized spacial score (nSPS) is 46.4. The van der Waals surface area contributed by atoms with E-state index >= 15 is 0 Å². The number of carbonyl (C=O) groups is 2. The molecular weight excluding hydrogens is 218 g/mol. The van der Waals surface area contributed by atoms with Gasteiger partial charge in [0.15, 0.2) is 0 Å². The fourth-order valence-corrected chi connectivity index (χ4v) is 3.67.